The molecule has 2 N–H and O–H groups in total. The lowest BCUT2D eigenvalue weighted by atomic mass is 9.97. The molecule has 0 aromatic heterocycles. The first-order valence-electron chi connectivity index (χ1n) is 11.0. The molecule has 0 spiro atoms. The fraction of sp³-hybridized carbons (Fsp3) is 0.417. The third kappa shape index (κ3) is 6.79. The first kappa shape index (κ1) is 25.2. The van der Waals surface area contributed by atoms with Gasteiger partial charge in [0.2, 0.25) is 15.9 Å². The highest BCUT2D eigenvalue weighted by molar-refractivity contribution is 7.89. The topological polar surface area (TPSA) is 104 Å². The van der Waals surface area contributed by atoms with Crippen molar-refractivity contribution in [2.24, 2.45) is 5.92 Å². The van der Waals surface area contributed by atoms with Crippen molar-refractivity contribution in [2.75, 3.05) is 6.54 Å². The van der Waals surface area contributed by atoms with Crippen molar-refractivity contribution in [1.29, 1.82) is 0 Å². The first-order chi connectivity index (χ1) is 15.7. The highest BCUT2D eigenvalue weighted by Gasteiger charge is 2.36. The average molecular weight is 493 g/mol. The fourth-order valence-electron chi connectivity index (χ4n) is 4.04. The summed E-state index contributed by atoms with van der Waals surface area (Å²) in [5, 5.41) is 12.2. The second-order valence-electron chi connectivity index (χ2n) is 8.53. The number of hydrogen-bond acceptors (Lipinski definition) is 4. The maximum atomic E-state index is 13.6. The number of carboxylic acids is 1. The number of rotatable bonds is 9. The van der Waals surface area contributed by atoms with E-state index < -0.39 is 22.0 Å². The summed E-state index contributed by atoms with van der Waals surface area (Å²) in [6, 6.07) is 12.6. The molecule has 1 unspecified atom stereocenters. The van der Waals surface area contributed by atoms with Gasteiger partial charge < -0.3 is 10.4 Å². The number of carboxylic acid groups (broad SMARTS) is 1. The zero-order chi connectivity index (χ0) is 24.0. The number of sulfonamides is 1. The van der Waals surface area contributed by atoms with Gasteiger partial charge in [-0.1, -0.05) is 42.8 Å². The molecular weight excluding hydrogens is 464 g/mol. The number of halogens is 1. The number of nitrogens with zero attached hydrogens (tertiary/aromatic N) is 1. The second-order valence-corrected chi connectivity index (χ2v) is 10.9. The monoisotopic (exact) mass is 492 g/mol. The van der Waals surface area contributed by atoms with Gasteiger partial charge in [-0.3, -0.25) is 9.59 Å². The van der Waals surface area contributed by atoms with E-state index >= 15 is 0 Å². The molecule has 9 heteroatoms. The van der Waals surface area contributed by atoms with Crippen molar-refractivity contribution in [3.63, 3.8) is 0 Å². The molecule has 0 radical (unpaired) electrons. The number of carbonyl (C=O) groups is 2. The van der Waals surface area contributed by atoms with Gasteiger partial charge in [0, 0.05) is 24.5 Å². The van der Waals surface area contributed by atoms with Crippen LogP contribution in [-0.2, 0) is 32.6 Å². The molecule has 0 saturated carbocycles. The Morgan fingerprint density at radius 3 is 2.39 bits per heavy atom. The summed E-state index contributed by atoms with van der Waals surface area (Å²) in [7, 11) is -3.96. The van der Waals surface area contributed by atoms with Gasteiger partial charge in [-0.2, -0.15) is 4.31 Å². The van der Waals surface area contributed by atoms with Crippen LogP contribution >= 0.6 is 11.6 Å². The Kier molecular flexibility index (Phi) is 8.51. The van der Waals surface area contributed by atoms with Crippen molar-refractivity contribution in [2.45, 2.75) is 56.5 Å². The van der Waals surface area contributed by atoms with Crippen LogP contribution in [0.3, 0.4) is 0 Å². The SMILES string of the molecule is CC(CC(=O)O)Cc1ccc(CN([C@@H]2CCCCNC2=O)S(=O)(=O)c2ccc(Cl)cc2)cc1. The molecule has 2 atom stereocenters. The lowest BCUT2D eigenvalue weighted by molar-refractivity contribution is -0.138. The minimum Gasteiger partial charge on any atom is -0.481 e. The summed E-state index contributed by atoms with van der Waals surface area (Å²) >= 11 is 5.94. The van der Waals surface area contributed by atoms with E-state index in [-0.39, 0.29) is 29.7 Å². The Hall–Kier alpha value is -2.42. The highest BCUT2D eigenvalue weighted by Crippen LogP contribution is 2.26. The van der Waals surface area contributed by atoms with E-state index in [1.54, 1.807) is 0 Å². The summed E-state index contributed by atoms with van der Waals surface area (Å²) < 4.78 is 28.4. The Morgan fingerprint density at radius 2 is 1.76 bits per heavy atom. The Bertz CT molecular complexity index is 1070. The van der Waals surface area contributed by atoms with Crippen LogP contribution in [0.5, 0.6) is 0 Å². The van der Waals surface area contributed by atoms with E-state index in [1.165, 1.54) is 28.6 Å². The van der Waals surface area contributed by atoms with Crippen LogP contribution in [0, 0.1) is 5.92 Å². The van der Waals surface area contributed by atoms with Gasteiger partial charge in [-0.05, 0) is 67.0 Å². The molecular formula is C24H29ClN2O5S. The molecule has 0 bridgehead atoms. The van der Waals surface area contributed by atoms with Crippen LogP contribution in [0.4, 0.5) is 0 Å². The van der Waals surface area contributed by atoms with Crippen LogP contribution < -0.4 is 5.32 Å². The quantitative estimate of drug-likeness (QED) is 0.553. The van der Waals surface area contributed by atoms with Crippen molar-refractivity contribution < 1.29 is 23.1 Å². The van der Waals surface area contributed by atoms with Crippen LogP contribution in [0.25, 0.3) is 0 Å². The van der Waals surface area contributed by atoms with E-state index in [0.717, 1.165) is 24.0 Å². The van der Waals surface area contributed by atoms with E-state index in [1.807, 2.05) is 31.2 Å². The highest BCUT2D eigenvalue weighted by atomic mass is 35.5. The molecule has 2 aromatic carbocycles. The smallest absolute Gasteiger partial charge is 0.303 e. The number of nitrogens with one attached hydrogen (secondary N) is 1. The van der Waals surface area contributed by atoms with Gasteiger partial charge in [-0.15, -0.1) is 0 Å². The molecule has 33 heavy (non-hydrogen) atoms. The van der Waals surface area contributed by atoms with Gasteiger partial charge in [0.05, 0.1) is 4.90 Å². The van der Waals surface area contributed by atoms with Crippen molar-refractivity contribution >= 4 is 33.5 Å². The van der Waals surface area contributed by atoms with Crippen LogP contribution in [-0.4, -0.2) is 42.3 Å². The number of carbonyl (C=O) groups excluding carboxylic acids is 1. The van der Waals surface area contributed by atoms with Crippen LogP contribution in [0.2, 0.25) is 5.02 Å². The molecule has 178 valence electrons. The normalized spacial score (nSPS) is 17.9. The lowest BCUT2D eigenvalue weighted by Gasteiger charge is -2.29. The Balaban J connectivity index is 1.87. The fourth-order valence-corrected chi connectivity index (χ4v) is 5.77. The number of aliphatic carboxylic acids is 1. The molecule has 1 fully saturated rings. The van der Waals surface area contributed by atoms with Gasteiger partial charge in [-0.25, -0.2) is 8.42 Å². The molecule has 3 rings (SSSR count). The Morgan fingerprint density at radius 1 is 1.12 bits per heavy atom. The summed E-state index contributed by atoms with van der Waals surface area (Å²) in [6.07, 6.45) is 2.70. The van der Waals surface area contributed by atoms with E-state index in [0.29, 0.717) is 24.4 Å². The predicted octanol–water partition coefficient (Wildman–Crippen LogP) is 3.85. The molecule has 0 aliphatic carbocycles. The molecule has 1 amide bonds. The molecule has 2 aromatic rings. The number of amides is 1. The van der Waals surface area contributed by atoms with Crippen molar-refractivity contribution in [3.8, 4) is 0 Å². The van der Waals surface area contributed by atoms with Gasteiger partial charge in [0.1, 0.15) is 6.04 Å². The van der Waals surface area contributed by atoms with Gasteiger partial charge in [0.15, 0.2) is 0 Å². The molecule has 1 saturated heterocycles. The maximum Gasteiger partial charge on any atom is 0.303 e. The van der Waals surface area contributed by atoms with E-state index in [9.17, 15) is 18.0 Å². The summed E-state index contributed by atoms with van der Waals surface area (Å²) in [5.74, 6) is -1.13. The van der Waals surface area contributed by atoms with E-state index in [2.05, 4.69) is 5.32 Å². The third-order valence-corrected chi connectivity index (χ3v) is 7.86. The largest absolute Gasteiger partial charge is 0.481 e. The summed E-state index contributed by atoms with van der Waals surface area (Å²) in [6.45, 7) is 2.47. The molecule has 7 nitrogen and oxygen atoms in total. The number of hydrogen-bond donors (Lipinski definition) is 2. The zero-order valence-corrected chi connectivity index (χ0v) is 20.1. The average Bonchev–Trinajstić information content (AvgIpc) is 2.97. The number of benzene rings is 2. The van der Waals surface area contributed by atoms with Crippen LogP contribution in [0.1, 0.15) is 43.7 Å². The maximum absolute atomic E-state index is 13.6. The van der Waals surface area contributed by atoms with Crippen molar-refractivity contribution in [1.82, 2.24) is 9.62 Å². The lowest BCUT2D eigenvalue weighted by Crippen LogP contribution is -2.48. The molecule has 1 aliphatic heterocycles. The minimum atomic E-state index is -3.96. The summed E-state index contributed by atoms with van der Waals surface area (Å²) in [5.41, 5.74) is 1.73. The van der Waals surface area contributed by atoms with Gasteiger partial charge >= 0.3 is 5.97 Å². The zero-order valence-electron chi connectivity index (χ0n) is 18.5. The molecule has 1 aliphatic rings. The van der Waals surface area contributed by atoms with Crippen LogP contribution in [0.15, 0.2) is 53.4 Å². The Labute approximate surface area is 199 Å². The van der Waals surface area contributed by atoms with Gasteiger partial charge in [0.25, 0.3) is 0 Å². The standard InChI is InChI=1S/C24H29ClN2O5S/c1-17(15-23(28)29)14-18-5-7-19(8-6-18)16-27(22-4-2-3-13-26-24(22)30)33(31,32)21-11-9-20(25)10-12-21/h5-12,17,22H,2-4,13-16H2,1H3,(H,26,30)(H,28,29)/t17?,22-/m1/s1. The second kappa shape index (κ2) is 11.1. The molecule has 1 heterocycles. The predicted molar refractivity (Wildman–Crippen MR) is 126 cm³/mol. The third-order valence-electron chi connectivity index (χ3n) is 5.74. The first-order valence-corrected chi connectivity index (χ1v) is 12.8. The van der Waals surface area contributed by atoms with Crippen molar-refractivity contribution in [3.05, 3.63) is 64.7 Å². The summed E-state index contributed by atoms with van der Waals surface area (Å²) in [4.78, 5) is 23.7. The van der Waals surface area contributed by atoms with E-state index in [4.69, 9.17) is 16.7 Å². The minimum absolute atomic E-state index is 0.00943.